The third-order valence-corrected chi connectivity index (χ3v) is 3.89. The summed E-state index contributed by atoms with van der Waals surface area (Å²) in [5, 5.41) is 1.72. The Bertz CT molecular complexity index is 678. The summed E-state index contributed by atoms with van der Waals surface area (Å²) >= 11 is 1.08. The van der Waals surface area contributed by atoms with Gasteiger partial charge in [-0.25, -0.2) is 4.39 Å². The first-order valence-corrected chi connectivity index (χ1v) is 6.98. The van der Waals surface area contributed by atoms with E-state index in [2.05, 4.69) is 0 Å². The van der Waals surface area contributed by atoms with Crippen molar-refractivity contribution >= 4 is 17.2 Å². The summed E-state index contributed by atoms with van der Waals surface area (Å²) in [4.78, 5) is 25.0. The molecule has 106 valence electrons. The molecule has 0 bridgehead atoms. The summed E-state index contributed by atoms with van der Waals surface area (Å²) in [6, 6.07) is 6.12. The maximum Gasteiger partial charge on any atom is 0.307 e. The Hall–Kier alpha value is -1.95. The van der Waals surface area contributed by atoms with E-state index in [1.165, 1.54) is 21.6 Å². The van der Waals surface area contributed by atoms with E-state index < -0.39 is 0 Å². The molecule has 2 rings (SSSR count). The number of aromatic nitrogens is 1. The van der Waals surface area contributed by atoms with Gasteiger partial charge in [-0.2, -0.15) is 0 Å². The Kier molecular flexibility index (Phi) is 4.34. The Labute approximate surface area is 120 Å². The van der Waals surface area contributed by atoms with E-state index in [4.69, 9.17) is 0 Å². The number of nitrogens with zero attached hydrogens (tertiary/aromatic N) is 2. The van der Waals surface area contributed by atoms with E-state index in [0.29, 0.717) is 6.54 Å². The van der Waals surface area contributed by atoms with Crippen LogP contribution in [0.15, 0.2) is 34.4 Å². The van der Waals surface area contributed by atoms with Crippen LogP contribution in [0.3, 0.4) is 0 Å². The highest BCUT2D eigenvalue weighted by molar-refractivity contribution is 7.07. The number of hydrogen-bond donors (Lipinski definition) is 0. The van der Waals surface area contributed by atoms with Gasteiger partial charge in [0, 0.05) is 24.7 Å². The van der Waals surface area contributed by atoms with Gasteiger partial charge in [0.2, 0.25) is 5.91 Å². The summed E-state index contributed by atoms with van der Waals surface area (Å²) in [5.74, 6) is -0.508. The quantitative estimate of drug-likeness (QED) is 0.865. The molecular formula is C14H15FN2O2S. The largest absolute Gasteiger partial charge is 0.340 e. The molecule has 0 saturated carbocycles. The Balaban J connectivity index is 2.04. The van der Waals surface area contributed by atoms with Crippen molar-refractivity contribution in [1.29, 1.82) is 0 Å². The average molecular weight is 294 g/mol. The SMILES string of the molecule is Cc1csc(=O)n1CC(=O)N(C)Cc1cccc(F)c1. The zero-order valence-electron chi connectivity index (χ0n) is 11.3. The predicted molar refractivity (Wildman–Crippen MR) is 76.2 cm³/mol. The van der Waals surface area contributed by atoms with E-state index in [0.717, 1.165) is 22.6 Å². The number of likely N-dealkylation sites (N-methyl/N-ethyl adjacent to an activating group) is 1. The van der Waals surface area contributed by atoms with Gasteiger partial charge in [0.25, 0.3) is 0 Å². The summed E-state index contributed by atoms with van der Waals surface area (Å²) in [6.45, 7) is 2.12. The molecule has 4 nitrogen and oxygen atoms in total. The lowest BCUT2D eigenvalue weighted by molar-refractivity contribution is -0.131. The van der Waals surface area contributed by atoms with Crippen LogP contribution in [-0.2, 0) is 17.9 Å². The van der Waals surface area contributed by atoms with Crippen LogP contribution in [0.25, 0.3) is 0 Å². The number of halogens is 1. The van der Waals surface area contributed by atoms with Crippen LogP contribution >= 0.6 is 11.3 Å². The molecule has 6 heteroatoms. The van der Waals surface area contributed by atoms with E-state index in [1.54, 1.807) is 31.5 Å². The fourth-order valence-corrected chi connectivity index (χ4v) is 2.58. The molecule has 2 aromatic rings. The lowest BCUT2D eigenvalue weighted by atomic mass is 10.2. The van der Waals surface area contributed by atoms with E-state index in [-0.39, 0.29) is 23.1 Å². The molecule has 0 aliphatic rings. The van der Waals surface area contributed by atoms with Crippen LogP contribution in [0, 0.1) is 12.7 Å². The minimum Gasteiger partial charge on any atom is -0.340 e. The van der Waals surface area contributed by atoms with Crippen LogP contribution in [0.5, 0.6) is 0 Å². The molecule has 1 heterocycles. The number of aryl methyl sites for hydroxylation is 1. The highest BCUT2D eigenvalue weighted by atomic mass is 32.1. The van der Waals surface area contributed by atoms with Gasteiger partial charge < -0.3 is 4.90 Å². The van der Waals surface area contributed by atoms with Gasteiger partial charge in [-0.3, -0.25) is 14.2 Å². The van der Waals surface area contributed by atoms with Crippen molar-refractivity contribution < 1.29 is 9.18 Å². The van der Waals surface area contributed by atoms with Crippen molar-refractivity contribution in [3.8, 4) is 0 Å². The number of thiazole rings is 1. The van der Waals surface area contributed by atoms with Gasteiger partial charge >= 0.3 is 4.87 Å². The van der Waals surface area contributed by atoms with Crippen LogP contribution in [0.2, 0.25) is 0 Å². The van der Waals surface area contributed by atoms with E-state index in [1.807, 2.05) is 0 Å². The predicted octanol–water partition coefficient (Wildman–Crippen LogP) is 2.02. The van der Waals surface area contributed by atoms with Crippen molar-refractivity contribution in [2.45, 2.75) is 20.0 Å². The molecule has 0 radical (unpaired) electrons. The summed E-state index contributed by atoms with van der Waals surface area (Å²) < 4.78 is 14.5. The molecule has 1 amide bonds. The van der Waals surface area contributed by atoms with Gasteiger partial charge in [-0.1, -0.05) is 23.5 Å². The van der Waals surface area contributed by atoms with Crippen molar-refractivity contribution in [3.05, 3.63) is 56.4 Å². The number of rotatable bonds is 4. The summed E-state index contributed by atoms with van der Waals surface area (Å²) in [7, 11) is 1.64. The first-order chi connectivity index (χ1) is 9.47. The monoisotopic (exact) mass is 294 g/mol. The summed E-state index contributed by atoms with van der Waals surface area (Å²) in [5.41, 5.74) is 1.49. The van der Waals surface area contributed by atoms with Crippen LogP contribution < -0.4 is 4.87 Å². The van der Waals surface area contributed by atoms with E-state index in [9.17, 15) is 14.0 Å². The molecular weight excluding hydrogens is 279 g/mol. The van der Waals surface area contributed by atoms with Crippen molar-refractivity contribution in [3.63, 3.8) is 0 Å². The Morgan fingerprint density at radius 2 is 2.20 bits per heavy atom. The number of amides is 1. The first kappa shape index (κ1) is 14.5. The van der Waals surface area contributed by atoms with Crippen molar-refractivity contribution in [1.82, 2.24) is 9.47 Å². The van der Waals surface area contributed by atoms with Gasteiger partial charge in [0.1, 0.15) is 12.4 Å². The van der Waals surface area contributed by atoms with Crippen LogP contribution in [0.1, 0.15) is 11.3 Å². The highest BCUT2D eigenvalue weighted by Gasteiger charge is 2.13. The molecule has 1 aromatic carbocycles. The van der Waals surface area contributed by atoms with Crippen LogP contribution in [0.4, 0.5) is 4.39 Å². The van der Waals surface area contributed by atoms with Gasteiger partial charge in [-0.15, -0.1) is 0 Å². The number of benzene rings is 1. The molecule has 0 aliphatic heterocycles. The fourth-order valence-electron chi connectivity index (χ4n) is 1.85. The molecule has 0 atom stereocenters. The van der Waals surface area contributed by atoms with Gasteiger partial charge in [0.05, 0.1) is 0 Å². The molecule has 0 saturated heterocycles. The second-order valence-corrected chi connectivity index (χ2v) is 5.43. The summed E-state index contributed by atoms with van der Waals surface area (Å²) in [6.07, 6.45) is 0. The second-order valence-electron chi connectivity index (χ2n) is 4.61. The maximum atomic E-state index is 13.1. The van der Waals surface area contributed by atoms with Gasteiger partial charge in [0.15, 0.2) is 0 Å². The normalized spacial score (nSPS) is 10.6. The molecule has 1 aromatic heterocycles. The third kappa shape index (κ3) is 3.33. The standard InChI is InChI=1S/C14H15FN2O2S/c1-10-9-20-14(19)17(10)8-13(18)16(2)7-11-4-3-5-12(15)6-11/h3-6,9H,7-8H2,1-2H3. The number of hydrogen-bond acceptors (Lipinski definition) is 3. The van der Waals surface area contributed by atoms with E-state index >= 15 is 0 Å². The highest BCUT2D eigenvalue weighted by Crippen LogP contribution is 2.07. The Morgan fingerprint density at radius 3 is 2.80 bits per heavy atom. The second kappa shape index (κ2) is 6.00. The smallest absolute Gasteiger partial charge is 0.307 e. The number of carbonyl (C=O) groups is 1. The Morgan fingerprint density at radius 1 is 1.45 bits per heavy atom. The zero-order valence-corrected chi connectivity index (χ0v) is 12.1. The topological polar surface area (TPSA) is 42.3 Å². The first-order valence-electron chi connectivity index (χ1n) is 6.10. The minimum absolute atomic E-state index is 0.0139. The zero-order chi connectivity index (χ0) is 14.7. The van der Waals surface area contributed by atoms with Gasteiger partial charge in [-0.05, 0) is 24.6 Å². The molecule has 0 N–H and O–H groups in total. The lowest BCUT2D eigenvalue weighted by Gasteiger charge is -2.17. The average Bonchev–Trinajstić information content (AvgIpc) is 2.70. The minimum atomic E-state index is -0.326. The third-order valence-electron chi connectivity index (χ3n) is 3.00. The molecule has 0 spiro atoms. The molecule has 0 unspecified atom stereocenters. The lowest BCUT2D eigenvalue weighted by Crippen LogP contribution is -2.32. The fraction of sp³-hybridized carbons (Fsp3) is 0.286. The van der Waals surface area contributed by atoms with Crippen molar-refractivity contribution in [2.24, 2.45) is 0 Å². The molecule has 20 heavy (non-hydrogen) atoms. The molecule has 0 aliphatic carbocycles. The van der Waals surface area contributed by atoms with Crippen LogP contribution in [-0.4, -0.2) is 22.4 Å². The maximum absolute atomic E-state index is 13.1. The van der Waals surface area contributed by atoms with Crippen molar-refractivity contribution in [2.75, 3.05) is 7.05 Å². The number of carbonyl (C=O) groups excluding carboxylic acids is 1. The molecule has 0 fully saturated rings.